The van der Waals surface area contributed by atoms with E-state index in [4.69, 9.17) is 9.47 Å². The van der Waals surface area contributed by atoms with Crippen LogP contribution in [0.3, 0.4) is 0 Å². The average molecular weight is 365 g/mol. The third kappa shape index (κ3) is 5.09. The number of halogens is 1. The zero-order chi connectivity index (χ0) is 19.1. The van der Waals surface area contributed by atoms with E-state index in [-0.39, 0.29) is 35.5 Å². The Balaban J connectivity index is 2.00. The molecule has 2 rings (SSSR count). The molecule has 6 nitrogen and oxygen atoms in total. The molecule has 1 aliphatic heterocycles. The number of esters is 1. The summed E-state index contributed by atoms with van der Waals surface area (Å²) < 4.78 is 24.2. The van der Waals surface area contributed by atoms with Gasteiger partial charge in [0.1, 0.15) is 6.10 Å². The molecule has 1 N–H and O–H groups in total. The van der Waals surface area contributed by atoms with Gasteiger partial charge in [-0.1, -0.05) is 19.1 Å². The van der Waals surface area contributed by atoms with Crippen LogP contribution in [0.4, 0.5) is 4.39 Å². The first-order chi connectivity index (χ1) is 12.5. The first kappa shape index (κ1) is 20.0. The van der Waals surface area contributed by atoms with Gasteiger partial charge in [-0.25, -0.2) is 9.38 Å². The molecule has 0 saturated carbocycles. The lowest BCUT2D eigenvalue weighted by atomic mass is 9.99. The van der Waals surface area contributed by atoms with Gasteiger partial charge in [0.2, 0.25) is 0 Å². The van der Waals surface area contributed by atoms with Gasteiger partial charge in [-0.15, -0.1) is 0 Å². The van der Waals surface area contributed by atoms with E-state index in [2.05, 4.69) is 15.2 Å². The van der Waals surface area contributed by atoms with E-state index in [0.717, 1.165) is 19.0 Å². The van der Waals surface area contributed by atoms with Crippen molar-refractivity contribution < 1.29 is 18.7 Å². The van der Waals surface area contributed by atoms with Gasteiger partial charge in [-0.05, 0) is 31.9 Å². The highest BCUT2D eigenvalue weighted by Gasteiger charge is 2.36. The van der Waals surface area contributed by atoms with Gasteiger partial charge < -0.3 is 19.7 Å². The van der Waals surface area contributed by atoms with Crippen molar-refractivity contribution in [1.29, 1.82) is 0 Å². The Kier molecular flexibility index (Phi) is 7.24. The molecule has 1 fully saturated rings. The van der Waals surface area contributed by atoms with Crippen LogP contribution in [0.25, 0.3) is 0 Å². The molecule has 1 aromatic rings. The second-order valence-electron chi connectivity index (χ2n) is 6.57. The Morgan fingerprint density at radius 1 is 1.42 bits per heavy atom. The van der Waals surface area contributed by atoms with Gasteiger partial charge in [-0.2, -0.15) is 0 Å². The summed E-state index contributed by atoms with van der Waals surface area (Å²) in [6, 6.07) is 6.33. The van der Waals surface area contributed by atoms with E-state index in [1.807, 2.05) is 20.8 Å². The monoisotopic (exact) mass is 365 g/mol. The minimum absolute atomic E-state index is 0.157. The molecule has 1 aliphatic rings. The zero-order valence-electron chi connectivity index (χ0n) is 15.9. The lowest BCUT2D eigenvalue weighted by Gasteiger charge is -2.22. The lowest BCUT2D eigenvalue weighted by molar-refractivity contribution is -0.145. The molecule has 26 heavy (non-hydrogen) atoms. The highest BCUT2D eigenvalue weighted by Crippen LogP contribution is 2.24. The van der Waals surface area contributed by atoms with E-state index in [1.165, 1.54) is 13.2 Å². The van der Waals surface area contributed by atoms with Gasteiger partial charge in [0.25, 0.3) is 0 Å². The second-order valence-corrected chi connectivity index (χ2v) is 6.57. The number of carbonyl (C=O) groups excluding carboxylic acids is 1. The minimum atomic E-state index is -0.385. The number of para-hydroxylation sites is 1. The largest absolute Gasteiger partial charge is 0.486 e. The van der Waals surface area contributed by atoms with Crippen LogP contribution < -0.4 is 10.1 Å². The van der Waals surface area contributed by atoms with Gasteiger partial charge in [-0.3, -0.25) is 4.79 Å². The lowest BCUT2D eigenvalue weighted by Crippen LogP contribution is -2.41. The Bertz CT molecular complexity index is 638. The zero-order valence-corrected chi connectivity index (χ0v) is 15.9. The van der Waals surface area contributed by atoms with Crippen molar-refractivity contribution in [2.75, 3.05) is 33.3 Å². The van der Waals surface area contributed by atoms with Crippen molar-refractivity contribution in [3.63, 3.8) is 0 Å². The van der Waals surface area contributed by atoms with Crippen LogP contribution in [0.1, 0.15) is 20.8 Å². The molecule has 0 radical (unpaired) electrons. The molecule has 0 bridgehead atoms. The van der Waals surface area contributed by atoms with Crippen molar-refractivity contribution in [2.45, 2.75) is 26.9 Å². The number of hydrogen-bond donors (Lipinski definition) is 1. The molecule has 144 valence electrons. The summed E-state index contributed by atoms with van der Waals surface area (Å²) in [4.78, 5) is 18.6. The van der Waals surface area contributed by atoms with Gasteiger partial charge in [0, 0.05) is 19.6 Å². The van der Waals surface area contributed by atoms with Crippen LogP contribution in [0.2, 0.25) is 0 Å². The number of rotatable bonds is 6. The highest BCUT2D eigenvalue weighted by molar-refractivity contribution is 5.82. The number of nitrogens with one attached hydrogen (secondary N) is 1. The summed E-state index contributed by atoms with van der Waals surface area (Å²) in [7, 11) is 1.42. The van der Waals surface area contributed by atoms with Crippen molar-refractivity contribution >= 4 is 11.9 Å². The molecule has 0 aliphatic carbocycles. The van der Waals surface area contributed by atoms with E-state index in [0.29, 0.717) is 13.1 Å². The van der Waals surface area contributed by atoms with Gasteiger partial charge in [0.05, 0.1) is 19.6 Å². The molecule has 0 aromatic heterocycles. The van der Waals surface area contributed by atoms with Crippen molar-refractivity contribution in [3.05, 3.63) is 30.1 Å². The fraction of sp³-hybridized carbons (Fsp3) is 0.579. The molecule has 0 spiro atoms. The molecule has 7 heteroatoms. The van der Waals surface area contributed by atoms with E-state index >= 15 is 0 Å². The van der Waals surface area contributed by atoms with Crippen LogP contribution in [0, 0.1) is 17.7 Å². The number of nitrogens with zero attached hydrogens (tertiary/aromatic N) is 2. The van der Waals surface area contributed by atoms with Crippen molar-refractivity contribution in [3.8, 4) is 5.75 Å². The first-order valence-electron chi connectivity index (χ1n) is 8.98. The second kappa shape index (κ2) is 9.40. The van der Waals surface area contributed by atoms with Gasteiger partial charge in [0.15, 0.2) is 17.5 Å². The maximum atomic E-state index is 13.7. The average Bonchev–Trinajstić information content (AvgIpc) is 3.01. The van der Waals surface area contributed by atoms with Crippen LogP contribution in [-0.4, -0.2) is 56.2 Å². The minimum Gasteiger partial charge on any atom is -0.486 e. The highest BCUT2D eigenvalue weighted by atomic mass is 19.1. The van der Waals surface area contributed by atoms with Crippen LogP contribution >= 0.6 is 0 Å². The molecule has 1 aromatic carbocycles. The summed E-state index contributed by atoms with van der Waals surface area (Å²) in [5.74, 6) is 0.418. The number of aliphatic imine (C=N–C) groups is 1. The molecule has 0 amide bonds. The number of methoxy groups -OCH3 is 1. The van der Waals surface area contributed by atoms with Crippen LogP contribution in [0.5, 0.6) is 5.75 Å². The summed E-state index contributed by atoms with van der Waals surface area (Å²) in [6.45, 7) is 8.28. The van der Waals surface area contributed by atoms with Crippen LogP contribution in [-0.2, 0) is 9.53 Å². The number of carbonyl (C=O) groups is 1. The van der Waals surface area contributed by atoms with E-state index < -0.39 is 0 Å². The topological polar surface area (TPSA) is 63.2 Å². The summed E-state index contributed by atoms with van der Waals surface area (Å²) in [5.41, 5.74) is 0. The smallest absolute Gasteiger partial charge is 0.310 e. The summed E-state index contributed by atoms with van der Waals surface area (Å²) >= 11 is 0. The van der Waals surface area contributed by atoms with Crippen LogP contribution in [0.15, 0.2) is 29.3 Å². The normalized spacial score (nSPS) is 21.4. The SMILES string of the molecule is CCNC(=NCC(C)Oc1ccccc1F)N1CC(C)C(C(=O)OC)C1. The third-order valence-corrected chi connectivity index (χ3v) is 4.41. The van der Waals surface area contributed by atoms with E-state index in [1.54, 1.807) is 18.2 Å². The maximum Gasteiger partial charge on any atom is 0.310 e. The molecule has 3 atom stereocenters. The molecular weight excluding hydrogens is 337 g/mol. The standard InChI is InChI=1S/C19H28FN3O3/c1-5-21-19(23-11-13(2)15(12-23)18(24)25-4)22-10-14(3)26-17-9-7-6-8-16(17)20/h6-9,13-15H,5,10-12H2,1-4H3,(H,21,22). The van der Waals surface area contributed by atoms with Crippen molar-refractivity contribution in [2.24, 2.45) is 16.8 Å². The van der Waals surface area contributed by atoms with Crippen molar-refractivity contribution in [1.82, 2.24) is 10.2 Å². The number of ether oxygens (including phenoxy) is 2. The Hall–Kier alpha value is -2.31. The summed E-state index contributed by atoms with van der Waals surface area (Å²) in [6.07, 6.45) is -0.281. The molecule has 1 heterocycles. The Morgan fingerprint density at radius 3 is 2.81 bits per heavy atom. The maximum absolute atomic E-state index is 13.7. The quantitative estimate of drug-likeness (QED) is 0.476. The van der Waals surface area contributed by atoms with Gasteiger partial charge >= 0.3 is 5.97 Å². The predicted molar refractivity (Wildman–Crippen MR) is 98.7 cm³/mol. The molecule has 3 unspecified atom stereocenters. The Morgan fingerprint density at radius 2 is 2.15 bits per heavy atom. The number of benzene rings is 1. The number of likely N-dealkylation sites (tertiary alicyclic amines) is 1. The number of hydrogen-bond acceptors (Lipinski definition) is 4. The first-order valence-corrected chi connectivity index (χ1v) is 8.98. The molecular formula is C19H28FN3O3. The third-order valence-electron chi connectivity index (χ3n) is 4.41. The summed E-state index contributed by atoms with van der Waals surface area (Å²) in [5, 5.41) is 3.25. The fourth-order valence-electron chi connectivity index (χ4n) is 3.03. The predicted octanol–water partition coefficient (Wildman–Crippen LogP) is 2.30. The Labute approximate surface area is 154 Å². The fourth-order valence-corrected chi connectivity index (χ4v) is 3.03. The van der Waals surface area contributed by atoms with E-state index in [9.17, 15) is 9.18 Å². The number of guanidine groups is 1. The molecule has 1 saturated heterocycles.